The third-order valence-electron chi connectivity index (χ3n) is 2.22. The molecule has 0 fully saturated rings. The number of anilines is 2. The van der Waals surface area contributed by atoms with Gasteiger partial charge in [-0.25, -0.2) is 4.90 Å². The monoisotopic (exact) mass is 350 g/mol. The Kier molecular flexibility index (Phi) is 4.99. The van der Waals surface area contributed by atoms with Crippen LogP contribution < -0.4 is 4.90 Å². The standard InChI is InChI=1S/C11H6Cl4N4O/c12-5-8(20)19(7-3-1-6(13)2-4-7)11-17-9(14)16-10(15)18-11/h1-4H,5H2. The Morgan fingerprint density at radius 1 is 1.00 bits per heavy atom. The van der Waals surface area contributed by atoms with E-state index in [2.05, 4.69) is 15.0 Å². The van der Waals surface area contributed by atoms with E-state index in [1.807, 2.05) is 0 Å². The Morgan fingerprint density at radius 3 is 2.05 bits per heavy atom. The molecule has 5 nitrogen and oxygen atoms in total. The van der Waals surface area contributed by atoms with Crippen LogP contribution in [-0.2, 0) is 4.79 Å². The molecular formula is C11H6Cl4N4O. The van der Waals surface area contributed by atoms with Crippen molar-refractivity contribution in [3.8, 4) is 0 Å². The van der Waals surface area contributed by atoms with E-state index in [-0.39, 0.29) is 22.4 Å². The number of aromatic nitrogens is 3. The number of hydrogen-bond acceptors (Lipinski definition) is 4. The van der Waals surface area contributed by atoms with E-state index in [1.54, 1.807) is 24.3 Å². The number of alkyl halides is 1. The van der Waals surface area contributed by atoms with Gasteiger partial charge in [0.1, 0.15) is 5.88 Å². The molecule has 0 saturated carbocycles. The van der Waals surface area contributed by atoms with Gasteiger partial charge in [-0.3, -0.25) is 4.79 Å². The van der Waals surface area contributed by atoms with Crippen molar-refractivity contribution in [2.45, 2.75) is 0 Å². The molecule has 1 aromatic heterocycles. The smallest absolute Gasteiger partial charge is 0.248 e. The van der Waals surface area contributed by atoms with Gasteiger partial charge in [-0.1, -0.05) is 11.6 Å². The van der Waals surface area contributed by atoms with Crippen LogP contribution in [0.2, 0.25) is 15.6 Å². The lowest BCUT2D eigenvalue weighted by atomic mass is 10.3. The second kappa shape index (κ2) is 6.54. The van der Waals surface area contributed by atoms with Gasteiger partial charge < -0.3 is 0 Å². The molecule has 0 spiro atoms. The zero-order valence-corrected chi connectivity index (χ0v) is 12.7. The van der Waals surface area contributed by atoms with Crippen molar-refractivity contribution in [2.75, 3.05) is 10.8 Å². The first kappa shape index (κ1) is 15.3. The lowest BCUT2D eigenvalue weighted by Gasteiger charge is -2.19. The molecule has 0 unspecified atom stereocenters. The number of nitrogens with zero attached hydrogens (tertiary/aromatic N) is 4. The van der Waals surface area contributed by atoms with Gasteiger partial charge in [0.05, 0.1) is 5.69 Å². The second-order valence-corrected chi connectivity index (χ2v) is 4.89. The minimum absolute atomic E-state index is 0.0111. The van der Waals surface area contributed by atoms with Crippen molar-refractivity contribution in [1.29, 1.82) is 0 Å². The lowest BCUT2D eigenvalue weighted by molar-refractivity contribution is -0.115. The normalized spacial score (nSPS) is 10.4. The maximum absolute atomic E-state index is 12.0. The summed E-state index contributed by atoms with van der Waals surface area (Å²) >= 11 is 22.8. The highest BCUT2D eigenvalue weighted by Gasteiger charge is 2.21. The fourth-order valence-corrected chi connectivity index (χ4v) is 2.04. The van der Waals surface area contributed by atoms with E-state index in [4.69, 9.17) is 46.4 Å². The first-order valence-electron chi connectivity index (χ1n) is 5.23. The van der Waals surface area contributed by atoms with E-state index in [0.717, 1.165) is 0 Å². The Labute approximate surface area is 134 Å². The maximum atomic E-state index is 12.0. The molecule has 1 amide bonds. The highest BCUT2D eigenvalue weighted by molar-refractivity contribution is 6.32. The van der Waals surface area contributed by atoms with Crippen molar-refractivity contribution < 1.29 is 4.79 Å². The molecule has 0 aliphatic heterocycles. The summed E-state index contributed by atoms with van der Waals surface area (Å²) in [5.41, 5.74) is 0.485. The number of benzene rings is 1. The lowest BCUT2D eigenvalue weighted by Crippen LogP contribution is -2.29. The third kappa shape index (κ3) is 3.49. The van der Waals surface area contributed by atoms with Crippen LogP contribution >= 0.6 is 46.4 Å². The fraction of sp³-hybridized carbons (Fsp3) is 0.0909. The maximum Gasteiger partial charge on any atom is 0.248 e. The Hall–Kier alpha value is -1.14. The largest absolute Gasteiger partial charge is 0.273 e. The highest BCUT2D eigenvalue weighted by atomic mass is 35.5. The van der Waals surface area contributed by atoms with Gasteiger partial charge in [0.15, 0.2) is 0 Å². The van der Waals surface area contributed by atoms with Crippen LogP contribution in [0.3, 0.4) is 0 Å². The van der Waals surface area contributed by atoms with E-state index in [0.29, 0.717) is 10.7 Å². The van der Waals surface area contributed by atoms with E-state index < -0.39 is 5.91 Å². The quantitative estimate of drug-likeness (QED) is 0.790. The zero-order chi connectivity index (χ0) is 14.7. The molecule has 1 heterocycles. The number of hydrogen-bond donors (Lipinski definition) is 0. The second-order valence-electron chi connectivity index (χ2n) is 3.51. The van der Waals surface area contributed by atoms with Crippen LogP contribution in [0.5, 0.6) is 0 Å². The summed E-state index contributed by atoms with van der Waals surface area (Å²) < 4.78 is 0. The Balaban J connectivity index is 2.52. The molecule has 0 N–H and O–H groups in total. The van der Waals surface area contributed by atoms with Gasteiger partial charge in [-0.2, -0.15) is 15.0 Å². The molecule has 0 bridgehead atoms. The van der Waals surface area contributed by atoms with E-state index >= 15 is 0 Å². The summed E-state index contributed by atoms with van der Waals surface area (Å²) in [6, 6.07) is 6.49. The molecule has 0 saturated heterocycles. The highest BCUT2D eigenvalue weighted by Crippen LogP contribution is 2.25. The van der Waals surface area contributed by atoms with Crippen molar-refractivity contribution in [1.82, 2.24) is 15.0 Å². The Bertz CT molecular complexity index is 615. The SMILES string of the molecule is O=C(CCl)N(c1ccc(Cl)cc1)c1nc(Cl)nc(Cl)n1. The van der Waals surface area contributed by atoms with Gasteiger partial charge in [0, 0.05) is 5.02 Å². The van der Waals surface area contributed by atoms with Crippen molar-refractivity contribution in [3.05, 3.63) is 39.9 Å². The Morgan fingerprint density at radius 2 is 1.55 bits per heavy atom. The molecule has 9 heteroatoms. The van der Waals surface area contributed by atoms with Crippen molar-refractivity contribution in [3.63, 3.8) is 0 Å². The number of halogens is 4. The molecular weight excluding hydrogens is 346 g/mol. The van der Waals surface area contributed by atoms with Crippen LogP contribution in [0.25, 0.3) is 0 Å². The minimum Gasteiger partial charge on any atom is -0.273 e. The van der Waals surface area contributed by atoms with Crippen molar-refractivity contribution >= 4 is 63.9 Å². The summed E-state index contributed by atoms with van der Waals surface area (Å²) in [4.78, 5) is 24.6. The van der Waals surface area contributed by atoms with E-state index in [9.17, 15) is 4.79 Å². The average molecular weight is 352 g/mol. The van der Waals surface area contributed by atoms with E-state index in [1.165, 1.54) is 4.90 Å². The van der Waals surface area contributed by atoms with Crippen LogP contribution in [0, 0.1) is 0 Å². The zero-order valence-electron chi connectivity index (χ0n) is 9.73. The molecule has 104 valence electrons. The van der Waals surface area contributed by atoms with Crippen molar-refractivity contribution in [2.24, 2.45) is 0 Å². The van der Waals surface area contributed by atoms with Crippen LogP contribution in [0.1, 0.15) is 0 Å². The summed E-state index contributed by atoms with van der Waals surface area (Å²) in [7, 11) is 0. The molecule has 2 rings (SSSR count). The predicted octanol–water partition coefficient (Wildman–Crippen LogP) is 3.74. The first-order valence-corrected chi connectivity index (χ1v) is 6.89. The predicted molar refractivity (Wildman–Crippen MR) is 79.2 cm³/mol. The third-order valence-corrected chi connectivity index (χ3v) is 3.04. The molecule has 20 heavy (non-hydrogen) atoms. The average Bonchev–Trinajstić information content (AvgIpc) is 2.40. The van der Waals surface area contributed by atoms with Gasteiger partial charge in [-0.15, -0.1) is 11.6 Å². The number of carbonyl (C=O) groups is 1. The number of rotatable bonds is 3. The van der Waals surface area contributed by atoms with Gasteiger partial charge in [0.25, 0.3) is 0 Å². The molecule has 2 aromatic rings. The fourth-order valence-electron chi connectivity index (χ4n) is 1.44. The number of amides is 1. The number of carbonyl (C=O) groups excluding carboxylic acids is 1. The molecule has 1 aromatic carbocycles. The molecule has 0 aliphatic rings. The van der Waals surface area contributed by atoms with Crippen LogP contribution in [-0.4, -0.2) is 26.7 Å². The van der Waals surface area contributed by atoms with Gasteiger partial charge in [0.2, 0.25) is 22.4 Å². The summed E-state index contributed by atoms with van der Waals surface area (Å²) in [5, 5.41) is 0.279. The topological polar surface area (TPSA) is 59.0 Å². The van der Waals surface area contributed by atoms with Crippen LogP contribution in [0.15, 0.2) is 24.3 Å². The molecule has 0 aliphatic carbocycles. The molecule has 0 radical (unpaired) electrons. The van der Waals surface area contributed by atoms with Crippen LogP contribution in [0.4, 0.5) is 11.6 Å². The minimum atomic E-state index is -0.438. The first-order chi connectivity index (χ1) is 9.51. The van der Waals surface area contributed by atoms with Gasteiger partial charge >= 0.3 is 0 Å². The summed E-state index contributed by atoms with van der Waals surface area (Å²) in [6.07, 6.45) is 0. The van der Waals surface area contributed by atoms with Gasteiger partial charge in [-0.05, 0) is 47.5 Å². The summed E-state index contributed by atoms with van der Waals surface area (Å²) in [6.45, 7) is 0. The molecule has 0 atom stereocenters. The summed E-state index contributed by atoms with van der Waals surface area (Å²) in [5.74, 6) is -0.709.